The molecule has 0 saturated heterocycles. The number of nitrogens with one attached hydrogen (secondary N) is 3. The van der Waals surface area contributed by atoms with Gasteiger partial charge in [-0.05, 0) is 46.7 Å². The van der Waals surface area contributed by atoms with Crippen LogP contribution in [0.2, 0.25) is 0 Å². The summed E-state index contributed by atoms with van der Waals surface area (Å²) in [6.45, 7) is 3.87. The van der Waals surface area contributed by atoms with Gasteiger partial charge in [-0.2, -0.15) is 0 Å². The second kappa shape index (κ2) is 8.23. The molecule has 0 aromatic heterocycles. The van der Waals surface area contributed by atoms with Crippen molar-refractivity contribution in [3.05, 3.63) is 78.6 Å². The number of carbonyl (C=O) groups excluding carboxylic acids is 1. The van der Waals surface area contributed by atoms with Crippen LogP contribution >= 0.6 is 0 Å². The van der Waals surface area contributed by atoms with Crippen molar-refractivity contribution in [2.75, 3.05) is 19.0 Å². The predicted octanol–water partition coefficient (Wildman–Crippen LogP) is 3.69. The fourth-order valence-electron chi connectivity index (χ4n) is 2.58. The Hall–Kier alpha value is -3.54. The molecule has 1 amide bonds. The fraction of sp³-hybridized carbons (Fsp3) is 0.0952. The van der Waals surface area contributed by atoms with E-state index < -0.39 is 5.82 Å². The second-order valence-electron chi connectivity index (χ2n) is 5.91. The third-order valence-corrected chi connectivity index (χ3v) is 4.06. The van der Waals surface area contributed by atoms with E-state index in [4.69, 9.17) is 4.74 Å². The molecule has 0 spiro atoms. The molecule has 0 fully saturated rings. The van der Waals surface area contributed by atoms with E-state index in [1.54, 1.807) is 25.3 Å². The molecule has 3 rings (SSSR count). The average molecular weight is 365 g/mol. The van der Waals surface area contributed by atoms with Crippen molar-refractivity contribution in [1.29, 1.82) is 0 Å². The molecular weight excluding hydrogens is 345 g/mol. The van der Waals surface area contributed by atoms with Gasteiger partial charge in [0.1, 0.15) is 11.6 Å². The van der Waals surface area contributed by atoms with E-state index in [1.165, 1.54) is 6.07 Å². The molecule has 0 saturated carbocycles. The lowest BCUT2D eigenvalue weighted by Gasteiger charge is -2.13. The Bertz CT molecular complexity index is 988. The van der Waals surface area contributed by atoms with Crippen LogP contribution in [0.25, 0.3) is 16.5 Å². The zero-order chi connectivity index (χ0) is 19.2. The second-order valence-corrected chi connectivity index (χ2v) is 5.91. The molecule has 138 valence electrons. The molecule has 0 aliphatic heterocycles. The Morgan fingerprint density at radius 2 is 1.78 bits per heavy atom. The van der Waals surface area contributed by atoms with Gasteiger partial charge in [0, 0.05) is 0 Å². The molecule has 0 unspecified atom stereocenters. The molecule has 0 aliphatic rings. The van der Waals surface area contributed by atoms with Gasteiger partial charge in [-0.3, -0.25) is 15.6 Å². The van der Waals surface area contributed by atoms with Crippen molar-refractivity contribution in [3.63, 3.8) is 0 Å². The molecule has 0 aliphatic carbocycles. The lowest BCUT2D eigenvalue weighted by Crippen LogP contribution is -2.39. The van der Waals surface area contributed by atoms with E-state index >= 15 is 0 Å². The van der Waals surface area contributed by atoms with Crippen LogP contribution in [0.1, 0.15) is 5.56 Å². The number of rotatable bonds is 7. The minimum Gasteiger partial charge on any atom is -0.497 e. The number of halogens is 1. The zero-order valence-corrected chi connectivity index (χ0v) is 14.9. The standard InChI is InChI=1S/C21H20FN3O2/c1-14(15-7-8-17-12-18(27-2)10-9-16(17)11-15)24-25-21(26)13-23-20-6-4-3-5-19(20)22/h3-12,23-24H,1,13H2,2H3,(H,25,26). The molecule has 3 N–H and O–H groups in total. The first-order chi connectivity index (χ1) is 13.1. The summed E-state index contributed by atoms with van der Waals surface area (Å²) in [5, 5.41) is 4.82. The van der Waals surface area contributed by atoms with Crippen molar-refractivity contribution in [3.8, 4) is 5.75 Å². The summed E-state index contributed by atoms with van der Waals surface area (Å²) >= 11 is 0. The van der Waals surface area contributed by atoms with Gasteiger partial charge in [-0.25, -0.2) is 4.39 Å². The van der Waals surface area contributed by atoms with E-state index in [1.807, 2.05) is 36.4 Å². The van der Waals surface area contributed by atoms with E-state index in [0.717, 1.165) is 22.1 Å². The first kappa shape index (κ1) is 18.3. The minimum atomic E-state index is -0.407. The van der Waals surface area contributed by atoms with E-state index in [2.05, 4.69) is 22.7 Å². The Kier molecular flexibility index (Phi) is 5.56. The number of anilines is 1. The largest absolute Gasteiger partial charge is 0.497 e. The molecule has 0 atom stereocenters. The van der Waals surface area contributed by atoms with Crippen LogP contribution < -0.4 is 20.9 Å². The zero-order valence-electron chi connectivity index (χ0n) is 14.9. The highest BCUT2D eigenvalue weighted by Crippen LogP contribution is 2.23. The molecule has 3 aromatic carbocycles. The molecular formula is C21H20FN3O2. The Labute approximate surface area is 156 Å². The van der Waals surface area contributed by atoms with Crippen LogP contribution in [-0.2, 0) is 4.79 Å². The molecule has 0 radical (unpaired) electrons. The lowest BCUT2D eigenvalue weighted by molar-refractivity contribution is -0.120. The normalized spacial score (nSPS) is 10.3. The maximum atomic E-state index is 13.5. The number of methoxy groups -OCH3 is 1. The van der Waals surface area contributed by atoms with E-state index in [9.17, 15) is 9.18 Å². The maximum absolute atomic E-state index is 13.5. The van der Waals surface area contributed by atoms with Gasteiger partial charge < -0.3 is 10.1 Å². The van der Waals surface area contributed by atoms with Crippen LogP contribution in [0.4, 0.5) is 10.1 Å². The number of benzene rings is 3. The highest BCUT2D eigenvalue weighted by molar-refractivity contribution is 5.87. The van der Waals surface area contributed by atoms with E-state index in [-0.39, 0.29) is 18.1 Å². The third kappa shape index (κ3) is 4.55. The summed E-state index contributed by atoms with van der Waals surface area (Å²) in [5.74, 6) is 0.0437. The molecule has 3 aromatic rings. The van der Waals surface area contributed by atoms with Crippen LogP contribution in [0, 0.1) is 5.82 Å². The van der Waals surface area contributed by atoms with Gasteiger partial charge in [0.05, 0.1) is 25.0 Å². The van der Waals surface area contributed by atoms with Gasteiger partial charge in [0.25, 0.3) is 5.91 Å². The van der Waals surface area contributed by atoms with Gasteiger partial charge >= 0.3 is 0 Å². The van der Waals surface area contributed by atoms with Crippen molar-refractivity contribution >= 4 is 28.1 Å². The average Bonchev–Trinajstić information content (AvgIpc) is 2.70. The number of hydrogen-bond donors (Lipinski definition) is 3. The number of ether oxygens (including phenoxy) is 1. The van der Waals surface area contributed by atoms with Crippen LogP contribution in [0.15, 0.2) is 67.2 Å². The highest BCUT2D eigenvalue weighted by atomic mass is 19.1. The molecule has 27 heavy (non-hydrogen) atoms. The third-order valence-electron chi connectivity index (χ3n) is 4.06. The number of carbonyl (C=O) groups is 1. The summed E-state index contributed by atoms with van der Waals surface area (Å²) in [4.78, 5) is 11.9. The minimum absolute atomic E-state index is 0.0707. The van der Waals surface area contributed by atoms with Crippen molar-refractivity contribution in [2.24, 2.45) is 0 Å². The van der Waals surface area contributed by atoms with Gasteiger partial charge in [-0.1, -0.05) is 36.9 Å². The number of amides is 1. The Morgan fingerprint density at radius 3 is 2.56 bits per heavy atom. The Balaban J connectivity index is 1.56. The number of hydrazine groups is 1. The summed E-state index contributed by atoms with van der Waals surface area (Å²) < 4.78 is 18.7. The van der Waals surface area contributed by atoms with Crippen LogP contribution in [-0.4, -0.2) is 19.6 Å². The van der Waals surface area contributed by atoms with Crippen molar-refractivity contribution in [1.82, 2.24) is 10.9 Å². The predicted molar refractivity (Wildman–Crippen MR) is 106 cm³/mol. The topological polar surface area (TPSA) is 62.4 Å². The first-order valence-electron chi connectivity index (χ1n) is 8.37. The smallest absolute Gasteiger partial charge is 0.257 e. The molecule has 6 heteroatoms. The molecule has 0 bridgehead atoms. The van der Waals surface area contributed by atoms with Crippen LogP contribution in [0.5, 0.6) is 5.75 Å². The fourth-order valence-corrected chi connectivity index (χ4v) is 2.58. The van der Waals surface area contributed by atoms with Gasteiger partial charge in [-0.15, -0.1) is 0 Å². The van der Waals surface area contributed by atoms with Crippen molar-refractivity contribution < 1.29 is 13.9 Å². The summed E-state index contributed by atoms with van der Waals surface area (Å²) in [6.07, 6.45) is 0. The summed E-state index contributed by atoms with van der Waals surface area (Å²) in [6, 6.07) is 17.8. The SMILES string of the molecule is C=C(NNC(=O)CNc1ccccc1F)c1ccc2cc(OC)ccc2c1. The van der Waals surface area contributed by atoms with E-state index in [0.29, 0.717) is 5.70 Å². The van der Waals surface area contributed by atoms with Crippen LogP contribution in [0.3, 0.4) is 0 Å². The number of para-hydroxylation sites is 1. The summed E-state index contributed by atoms with van der Waals surface area (Å²) in [5.41, 5.74) is 6.99. The highest BCUT2D eigenvalue weighted by Gasteiger charge is 2.06. The lowest BCUT2D eigenvalue weighted by atomic mass is 10.1. The quantitative estimate of drug-likeness (QED) is 0.559. The monoisotopic (exact) mass is 365 g/mol. The Morgan fingerprint density at radius 1 is 1.04 bits per heavy atom. The summed E-state index contributed by atoms with van der Waals surface area (Å²) in [7, 11) is 1.63. The number of fused-ring (bicyclic) bond motifs is 1. The molecule has 0 heterocycles. The van der Waals surface area contributed by atoms with Gasteiger partial charge in [0.2, 0.25) is 0 Å². The maximum Gasteiger partial charge on any atom is 0.257 e. The van der Waals surface area contributed by atoms with Crippen molar-refractivity contribution in [2.45, 2.75) is 0 Å². The first-order valence-corrected chi connectivity index (χ1v) is 8.37. The number of hydrogen-bond acceptors (Lipinski definition) is 4. The molecule has 5 nitrogen and oxygen atoms in total. The van der Waals surface area contributed by atoms with Gasteiger partial charge in [0.15, 0.2) is 0 Å².